The topological polar surface area (TPSA) is 99.2 Å². The summed E-state index contributed by atoms with van der Waals surface area (Å²) in [6.07, 6.45) is 5.17. The van der Waals surface area contributed by atoms with Crippen LogP contribution in [-0.2, 0) is 19.1 Å². The molecule has 8 nitrogen and oxygen atoms in total. The largest absolute Gasteiger partial charge is 0.395 e. The van der Waals surface area contributed by atoms with Crippen molar-refractivity contribution in [1.82, 2.24) is 15.1 Å². The summed E-state index contributed by atoms with van der Waals surface area (Å²) >= 11 is 0. The summed E-state index contributed by atoms with van der Waals surface area (Å²) in [5.41, 5.74) is 0. The molecule has 0 spiro atoms. The molecule has 0 aliphatic heterocycles. The van der Waals surface area contributed by atoms with Gasteiger partial charge in [-0.05, 0) is 47.7 Å². The molecule has 8 heteroatoms. The normalized spacial score (nSPS) is 13.6. The number of nitrogens with zero attached hydrogens (tertiary/aromatic N) is 2. The molecule has 0 atom stereocenters. The number of nitrogens with one attached hydrogen (secondary N) is 1. The van der Waals surface area contributed by atoms with Crippen LogP contribution in [0.1, 0.15) is 46.5 Å². The van der Waals surface area contributed by atoms with Crippen LogP contribution < -0.4 is 5.32 Å². The third-order valence-corrected chi connectivity index (χ3v) is 4.14. The molecule has 29 heavy (non-hydrogen) atoms. The van der Waals surface area contributed by atoms with Gasteiger partial charge >= 0.3 is 0 Å². The van der Waals surface area contributed by atoms with Crippen LogP contribution in [0.3, 0.4) is 0 Å². The molecule has 2 N–H and O–H groups in total. The summed E-state index contributed by atoms with van der Waals surface area (Å²) in [7, 11) is 5.36. The molecule has 0 aromatic carbocycles. The molecule has 0 unspecified atom stereocenters. The SMILES string of the molecule is CC(=O)CN(C)CCO.CC(=O)CNC1CCCC1.COCCN(C)CC(C)=O. The average molecular weight is 418 g/mol. The van der Waals surface area contributed by atoms with Gasteiger partial charge in [0.15, 0.2) is 0 Å². The number of aliphatic hydroxyl groups excluding tert-OH is 1. The fraction of sp³-hybridized carbons (Fsp3) is 0.857. The van der Waals surface area contributed by atoms with Crippen LogP contribution in [0.25, 0.3) is 0 Å². The van der Waals surface area contributed by atoms with E-state index in [1.165, 1.54) is 32.6 Å². The highest BCUT2D eigenvalue weighted by atomic mass is 16.5. The fourth-order valence-corrected chi connectivity index (χ4v) is 2.75. The molecule has 0 bridgehead atoms. The zero-order valence-corrected chi connectivity index (χ0v) is 19.3. The summed E-state index contributed by atoms with van der Waals surface area (Å²) in [6, 6.07) is 0.629. The van der Waals surface area contributed by atoms with Gasteiger partial charge in [0.2, 0.25) is 0 Å². The van der Waals surface area contributed by atoms with E-state index in [-0.39, 0.29) is 24.0 Å². The van der Waals surface area contributed by atoms with E-state index in [1.54, 1.807) is 32.9 Å². The number of ether oxygens (including phenoxy) is 1. The maximum absolute atomic E-state index is 10.5. The van der Waals surface area contributed by atoms with E-state index in [0.717, 1.165) is 6.54 Å². The Balaban J connectivity index is 0. The lowest BCUT2D eigenvalue weighted by Crippen LogP contribution is -2.30. The smallest absolute Gasteiger partial charge is 0.143 e. The van der Waals surface area contributed by atoms with Gasteiger partial charge in [-0.15, -0.1) is 0 Å². The monoisotopic (exact) mass is 417 g/mol. The molecular weight excluding hydrogens is 374 g/mol. The minimum Gasteiger partial charge on any atom is -0.395 e. The summed E-state index contributed by atoms with van der Waals surface area (Å²) < 4.78 is 4.84. The number of carbonyl (C=O) groups is 3. The van der Waals surface area contributed by atoms with Gasteiger partial charge in [0, 0.05) is 26.2 Å². The molecule has 1 saturated carbocycles. The third-order valence-electron chi connectivity index (χ3n) is 4.14. The lowest BCUT2D eigenvalue weighted by Gasteiger charge is -2.12. The number of likely N-dealkylation sites (N-methyl/N-ethyl adjacent to an activating group) is 2. The van der Waals surface area contributed by atoms with Gasteiger partial charge in [-0.3, -0.25) is 24.2 Å². The van der Waals surface area contributed by atoms with E-state index in [9.17, 15) is 14.4 Å². The predicted octanol–water partition coefficient (Wildman–Crippen LogP) is 0.761. The van der Waals surface area contributed by atoms with Gasteiger partial charge in [0.25, 0.3) is 0 Å². The fourth-order valence-electron chi connectivity index (χ4n) is 2.75. The van der Waals surface area contributed by atoms with Crippen molar-refractivity contribution in [2.45, 2.75) is 52.5 Å². The van der Waals surface area contributed by atoms with Crippen LogP contribution in [0.4, 0.5) is 0 Å². The minimum atomic E-state index is 0.115. The van der Waals surface area contributed by atoms with Gasteiger partial charge in [0.1, 0.15) is 17.3 Å². The van der Waals surface area contributed by atoms with Crippen molar-refractivity contribution in [1.29, 1.82) is 0 Å². The number of hydrogen-bond acceptors (Lipinski definition) is 8. The number of hydrogen-bond donors (Lipinski definition) is 2. The second-order valence-electron chi connectivity index (χ2n) is 7.66. The molecule has 1 aliphatic carbocycles. The van der Waals surface area contributed by atoms with Gasteiger partial charge in [0.05, 0.1) is 32.8 Å². The molecule has 1 fully saturated rings. The Morgan fingerprint density at radius 1 is 0.931 bits per heavy atom. The first-order valence-electron chi connectivity index (χ1n) is 10.3. The van der Waals surface area contributed by atoms with Crippen LogP contribution >= 0.6 is 0 Å². The zero-order chi connectivity index (χ0) is 22.7. The lowest BCUT2D eigenvalue weighted by atomic mass is 10.2. The average Bonchev–Trinajstić information content (AvgIpc) is 3.12. The van der Waals surface area contributed by atoms with Crippen molar-refractivity contribution in [3.05, 3.63) is 0 Å². The van der Waals surface area contributed by atoms with E-state index >= 15 is 0 Å². The number of ketones is 3. The predicted molar refractivity (Wildman–Crippen MR) is 116 cm³/mol. The van der Waals surface area contributed by atoms with E-state index < -0.39 is 0 Å². The zero-order valence-electron chi connectivity index (χ0n) is 19.3. The van der Waals surface area contributed by atoms with E-state index in [0.29, 0.717) is 38.8 Å². The standard InChI is InChI=1S/C8H15NO.C7H15NO2.C6H13NO2/c1-7(10)6-9-8-4-2-3-5-8;1-7(9)6-8(2)4-5-10-3;1-6(9)5-7(2)3-4-8/h8-9H,2-6H2,1H3;4-6H2,1-3H3;8H,3-5H2,1-2H3. The van der Waals surface area contributed by atoms with E-state index in [2.05, 4.69) is 5.32 Å². The van der Waals surface area contributed by atoms with Crippen molar-refractivity contribution in [3.63, 3.8) is 0 Å². The Kier molecular flexibility index (Phi) is 20.8. The molecule has 0 aromatic heterocycles. The van der Waals surface area contributed by atoms with Crippen LogP contribution in [0, 0.1) is 0 Å². The highest BCUT2D eigenvalue weighted by molar-refractivity contribution is 5.78. The van der Waals surface area contributed by atoms with E-state index in [4.69, 9.17) is 9.84 Å². The second kappa shape index (κ2) is 20.1. The molecule has 0 aromatic rings. The Morgan fingerprint density at radius 3 is 1.79 bits per heavy atom. The first-order chi connectivity index (χ1) is 13.6. The Labute approximate surface area is 177 Å². The van der Waals surface area contributed by atoms with Crippen LogP contribution in [-0.4, -0.2) is 105 Å². The Bertz CT molecular complexity index is 440. The summed E-state index contributed by atoms with van der Waals surface area (Å²) in [5.74, 6) is 0.566. The van der Waals surface area contributed by atoms with Crippen LogP contribution in [0.15, 0.2) is 0 Å². The highest BCUT2D eigenvalue weighted by Crippen LogP contribution is 2.17. The first-order valence-corrected chi connectivity index (χ1v) is 10.3. The summed E-state index contributed by atoms with van der Waals surface area (Å²) in [4.78, 5) is 35.2. The lowest BCUT2D eigenvalue weighted by molar-refractivity contribution is -0.118. The number of aliphatic hydroxyl groups is 1. The number of carbonyl (C=O) groups excluding carboxylic acids is 3. The molecular formula is C21H43N3O5. The highest BCUT2D eigenvalue weighted by Gasteiger charge is 2.13. The number of Topliss-reactive ketones (excluding diaryl/α,β-unsaturated/α-hetero) is 3. The maximum Gasteiger partial charge on any atom is 0.143 e. The molecule has 1 aliphatic rings. The van der Waals surface area contributed by atoms with Gasteiger partial charge < -0.3 is 15.2 Å². The molecule has 1 rings (SSSR count). The molecule has 0 heterocycles. The Morgan fingerprint density at radius 2 is 1.41 bits per heavy atom. The van der Waals surface area contributed by atoms with Gasteiger partial charge in [-0.25, -0.2) is 0 Å². The maximum atomic E-state index is 10.5. The number of methoxy groups -OCH3 is 1. The molecule has 0 radical (unpaired) electrons. The summed E-state index contributed by atoms with van der Waals surface area (Å²) in [6.45, 7) is 8.44. The van der Waals surface area contributed by atoms with Crippen LogP contribution in [0.2, 0.25) is 0 Å². The third kappa shape index (κ3) is 24.8. The van der Waals surface area contributed by atoms with E-state index in [1.807, 2.05) is 11.9 Å². The van der Waals surface area contributed by atoms with Gasteiger partial charge in [-0.2, -0.15) is 0 Å². The quantitative estimate of drug-likeness (QED) is 0.480. The molecule has 0 amide bonds. The Hall–Kier alpha value is -1.19. The van der Waals surface area contributed by atoms with Crippen molar-refractivity contribution >= 4 is 17.3 Å². The first kappa shape index (κ1) is 30.0. The summed E-state index contributed by atoms with van der Waals surface area (Å²) in [5, 5.41) is 11.6. The van der Waals surface area contributed by atoms with Crippen molar-refractivity contribution in [3.8, 4) is 0 Å². The van der Waals surface area contributed by atoms with Crippen molar-refractivity contribution in [2.24, 2.45) is 0 Å². The van der Waals surface area contributed by atoms with Crippen LogP contribution in [0.5, 0.6) is 0 Å². The molecule has 0 saturated heterocycles. The minimum absolute atomic E-state index is 0.115. The van der Waals surface area contributed by atoms with Gasteiger partial charge in [-0.1, -0.05) is 12.8 Å². The van der Waals surface area contributed by atoms with Crippen molar-refractivity contribution in [2.75, 3.05) is 67.1 Å². The molecule has 172 valence electrons. The second-order valence-corrected chi connectivity index (χ2v) is 7.66. The van der Waals surface area contributed by atoms with Crippen molar-refractivity contribution < 1.29 is 24.2 Å². The number of rotatable bonds is 12.